The fourth-order valence-electron chi connectivity index (χ4n) is 1.07. The third-order valence-corrected chi connectivity index (χ3v) is 3.01. The first kappa shape index (κ1) is 9.55. The summed E-state index contributed by atoms with van der Waals surface area (Å²) in [5.74, 6) is -0.651. The van der Waals surface area contributed by atoms with Gasteiger partial charge >= 0.3 is 0 Å². The lowest BCUT2D eigenvalue weighted by Gasteiger charge is -1.85. The maximum Gasteiger partial charge on any atom is 0.206 e. The van der Waals surface area contributed by atoms with Crippen LogP contribution >= 0.6 is 22.9 Å². The molecule has 72 valence electrons. The van der Waals surface area contributed by atoms with Crippen molar-refractivity contribution in [3.05, 3.63) is 29.0 Å². The molecule has 2 aromatic rings. The number of fused-ring (bicyclic) bond motifs is 1. The molecule has 0 aliphatic carbocycles. The highest BCUT2D eigenvalue weighted by Gasteiger charge is 2.10. The van der Waals surface area contributed by atoms with Crippen molar-refractivity contribution < 1.29 is 9.18 Å². The van der Waals surface area contributed by atoms with E-state index < -0.39 is 0 Å². The Morgan fingerprint density at radius 1 is 1.57 bits per heavy atom. The zero-order valence-corrected chi connectivity index (χ0v) is 8.53. The number of carbonyl (C=O) groups excluding carboxylic acids is 1. The molecule has 0 unspecified atom stereocenters. The summed E-state index contributed by atoms with van der Waals surface area (Å²) in [5, 5.41) is 0.334. The van der Waals surface area contributed by atoms with Crippen LogP contribution in [-0.4, -0.2) is 16.6 Å². The molecule has 2 nitrogen and oxygen atoms in total. The minimum Gasteiger partial charge on any atom is -0.290 e. The van der Waals surface area contributed by atoms with Crippen LogP contribution in [0.15, 0.2) is 18.2 Å². The number of nitrogens with zero attached hydrogens (tertiary/aromatic N) is 1. The summed E-state index contributed by atoms with van der Waals surface area (Å²) < 4.78 is 13.5. The SMILES string of the molecule is O=C(CCl)c1nc2ccc(F)cc2s1. The summed E-state index contributed by atoms with van der Waals surface area (Å²) in [7, 11) is 0. The number of Topliss-reactive ketones (excluding diaryl/α,β-unsaturated/α-hetero) is 1. The van der Waals surface area contributed by atoms with Gasteiger partial charge < -0.3 is 0 Å². The molecule has 0 aliphatic heterocycles. The van der Waals surface area contributed by atoms with E-state index in [1.807, 2.05) is 0 Å². The summed E-state index contributed by atoms with van der Waals surface area (Å²) in [6.45, 7) is 0. The van der Waals surface area contributed by atoms with Crippen molar-refractivity contribution in [2.24, 2.45) is 0 Å². The van der Waals surface area contributed by atoms with Gasteiger partial charge in [-0.25, -0.2) is 9.37 Å². The lowest BCUT2D eigenvalue weighted by atomic mass is 10.3. The lowest BCUT2D eigenvalue weighted by Crippen LogP contribution is -1.98. The van der Waals surface area contributed by atoms with E-state index in [1.165, 1.54) is 12.1 Å². The lowest BCUT2D eigenvalue weighted by molar-refractivity contribution is 0.102. The van der Waals surface area contributed by atoms with E-state index in [2.05, 4.69) is 4.98 Å². The molecule has 0 saturated heterocycles. The van der Waals surface area contributed by atoms with Crippen LogP contribution in [0, 0.1) is 5.82 Å². The summed E-state index contributed by atoms with van der Waals surface area (Å²) in [5.41, 5.74) is 0.630. The van der Waals surface area contributed by atoms with Crippen LogP contribution in [-0.2, 0) is 0 Å². The second-order valence-corrected chi connectivity index (χ2v) is 3.99. The molecule has 0 aliphatic rings. The zero-order valence-electron chi connectivity index (χ0n) is 6.96. The average molecular weight is 230 g/mol. The Kier molecular flexibility index (Phi) is 2.48. The molecule has 1 heterocycles. The maximum atomic E-state index is 12.8. The largest absolute Gasteiger partial charge is 0.290 e. The Bertz CT molecular complexity index is 497. The molecule has 5 heteroatoms. The molecule has 0 radical (unpaired) electrons. The molecule has 0 fully saturated rings. The number of carbonyl (C=O) groups is 1. The summed E-state index contributed by atoms with van der Waals surface area (Å²) in [6, 6.07) is 4.22. The standard InChI is InChI=1S/C9H5ClFNOS/c10-4-7(13)9-12-6-2-1-5(11)3-8(6)14-9/h1-3H,4H2. The number of hydrogen-bond acceptors (Lipinski definition) is 3. The molecule has 0 N–H and O–H groups in total. The fourth-order valence-corrected chi connectivity index (χ4v) is 2.21. The molecule has 2 rings (SSSR count). The van der Waals surface area contributed by atoms with Gasteiger partial charge in [-0.2, -0.15) is 0 Å². The van der Waals surface area contributed by atoms with Gasteiger partial charge in [0.2, 0.25) is 5.78 Å². The third-order valence-electron chi connectivity index (χ3n) is 1.71. The number of halogens is 2. The summed E-state index contributed by atoms with van der Waals surface area (Å²) >= 11 is 6.55. The summed E-state index contributed by atoms with van der Waals surface area (Å²) in [4.78, 5) is 15.2. The first-order valence-electron chi connectivity index (χ1n) is 3.86. The smallest absolute Gasteiger partial charge is 0.206 e. The van der Waals surface area contributed by atoms with Crippen LogP contribution < -0.4 is 0 Å². The molecule has 1 aromatic carbocycles. The zero-order chi connectivity index (χ0) is 10.1. The fraction of sp³-hybridized carbons (Fsp3) is 0.111. The van der Waals surface area contributed by atoms with E-state index in [9.17, 15) is 9.18 Å². The third kappa shape index (κ3) is 1.63. The van der Waals surface area contributed by atoms with Crippen molar-refractivity contribution in [2.45, 2.75) is 0 Å². The summed E-state index contributed by atoms with van der Waals surface area (Å²) in [6.07, 6.45) is 0. The van der Waals surface area contributed by atoms with E-state index in [4.69, 9.17) is 11.6 Å². The number of benzene rings is 1. The molecule has 0 bridgehead atoms. The van der Waals surface area contributed by atoms with Crippen LogP contribution in [0.25, 0.3) is 10.2 Å². The molecule has 0 atom stereocenters. The number of aromatic nitrogens is 1. The Hall–Kier alpha value is -1.000. The predicted octanol–water partition coefficient (Wildman–Crippen LogP) is 2.86. The van der Waals surface area contributed by atoms with Crippen LogP contribution in [0.2, 0.25) is 0 Å². The van der Waals surface area contributed by atoms with Gasteiger partial charge in [-0.1, -0.05) is 0 Å². The van der Waals surface area contributed by atoms with Gasteiger partial charge in [0.15, 0.2) is 5.01 Å². The number of alkyl halides is 1. The van der Waals surface area contributed by atoms with Crippen LogP contribution in [0.1, 0.15) is 9.80 Å². The Morgan fingerprint density at radius 3 is 3.07 bits per heavy atom. The second-order valence-electron chi connectivity index (χ2n) is 2.69. The van der Waals surface area contributed by atoms with Gasteiger partial charge in [0.1, 0.15) is 5.82 Å². The Balaban J connectivity index is 2.56. The van der Waals surface area contributed by atoms with Crippen molar-refractivity contribution >= 4 is 38.9 Å². The van der Waals surface area contributed by atoms with Crippen molar-refractivity contribution in [1.82, 2.24) is 4.98 Å². The molecule has 14 heavy (non-hydrogen) atoms. The number of thiazole rings is 1. The van der Waals surface area contributed by atoms with E-state index in [-0.39, 0.29) is 17.5 Å². The van der Waals surface area contributed by atoms with Crippen LogP contribution in [0.4, 0.5) is 4.39 Å². The van der Waals surface area contributed by atoms with Gasteiger partial charge in [0, 0.05) is 0 Å². The minimum atomic E-state index is -0.328. The number of ketones is 1. The molecule has 0 amide bonds. The normalized spacial score (nSPS) is 10.7. The molecule has 0 spiro atoms. The van der Waals surface area contributed by atoms with Gasteiger partial charge in [0.25, 0.3) is 0 Å². The monoisotopic (exact) mass is 229 g/mol. The number of hydrogen-bond donors (Lipinski definition) is 0. The van der Waals surface area contributed by atoms with E-state index in [0.29, 0.717) is 15.2 Å². The predicted molar refractivity (Wildman–Crippen MR) is 54.6 cm³/mol. The molecule has 1 aromatic heterocycles. The first-order chi connectivity index (χ1) is 6.70. The van der Waals surface area contributed by atoms with Gasteiger partial charge in [-0.05, 0) is 18.2 Å². The van der Waals surface area contributed by atoms with Crippen molar-refractivity contribution in [1.29, 1.82) is 0 Å². The number of rotatable bonds is 2. The van der Waals surface area contributed by atoms with Crippen molar-refractivity contribution in [3.63, 3.8) is 0 Å². The molecular weight excluding hydrogens is 225 g/mol. The average Bonchev–Trinajstić information content (AvgIpc) is 2.59. The molecular formula is C9H5ClFNOS. The molecule has 0 saturated carbocycles. The van der Waals surface area contributed by atoms with Crippen molar-refractivity contribution in [2.75, 3.05) is 5.88 Å². The highest BCUT2D eigenvalue weighted by molar-refractivity contribution is 7.20. The van der Waals surface area contributed by atoms with Crippen LogP contribution in [0.5, 0.6) is 0 Å². The van der Waals surface area contributed by atoms with Gasteiger partial charge in [0.05, 0.1) is 16.1 Å². The first-order valence-corrected chi connectivity index (χ1v) is 5.21. The van der Waals surface area contributed by atoms with Crippen LogP contribution in [0.3, 0.4) is 0 Å². The highest BCUT2D eigenvalue weighted by atomic mass is 35.5. The Labute approximate surface area is 88.3 Å². The quantitative estimate of drug-likeness (QED) is 0.586. The Morgan fingerprint density at radius 2 is 2.36 bits per heavy atom. The van der Waals surface area contributed by atoms with E-state index >= 15 is 0 Å². The van der Waals surface area contributed by atoms with Gasteiger partial charge in [-0.3, -0.25) is 4.79 Å². The topological polar surface area (TPSA) is 30.0 Å². The van der Waals surface area contributed by atoms with Crippen molar-refractivity contribution in [3.8, 4) is 0 Å². The van der Waals surface area contributed by atoms with Gasteiger partial charge in [-0.15, -0.1) is 22.9 Å². The highest BCUT2D eigenvalue weighted by Crippen LogP contribution is 2.23. The maximum absolute atomic E-state index is 12.8. The van der Waals surface area contributed by atoms with E-state index in [0.717, 1.165) is 11.3 Å². The second kappa shape index (κ2) is 3.63. The minimum absolute atomic E-state index is 0.0949. The van der Waals surface area contributed by atoms with E-state index in [1.54, 1.807) is 6.07 Å².